The molecule has 1 aliphatic heterocycles. The number of nitrogens with one attached hydrogen (secondary N) is 1. The minimum Gasteiger partial charge on any atom is -0.382 e. The van der Waals surface area contributed by atoms with E-state index in [9.17, 15) is 0 Å². The van der Waals surface area contributed by atoms with Gasteiger partial charge in [0, 0.05) is 11.7 Å². The van der Waals surface area contributed by atoms with Crippen molar-refractivity contribution in [3.8, 4) is 0 Å². The van der Waals surface area contributed by atoms with E-state index < -0.39 is 0 Å². The van der Waals surface area contributed by atoms with E-state index in [0.29, 0.717) is 6.04 Å². The highest BCUT2D eigenvalue weighted by molar-refractivity contribution is 5.54. The fraction of sp³-hybridized carbons (Fsp3) is 0.368. The van der Waals surface area contributed by atoms with Gasteiger partial charge in [0.1, 0.15) is 0 Å². The second kappa shape index (κ2) is 5.32. The van der Waals surface area contributed by atoms with Crippen LogP contribution in [0.2, 0.25) is 0 Å². The third kappa shape index (κ3) is 2.58. The molecule has 2 aromatic rings. The van der Waals surface area contributed by atoms with Crippen molar-refractivity contribution in [3.05, 3.63) is 64.2 Å². The molecule has 1 heteroatoms. The van der Waals surface area contributed by atoms with Crippen molar-refractivity contribution in [2.45, 2.75) is 46.1 Å². The highest BCUT2D eigenvalue weighted by Gasteiger charge is 2.18. The summed E-state index contributed by atoms with van der Waals surface area (Å²) in [5.74, 6) is 0. The maximum atomic E-state index is 3.71. The van der Waals surface area contributed by atoms with Gasteiger partial charge in [-0.05, 0) is 73.9 Å². The van der Waals surface area contributed by atoms with E-state index in [2.05, 4.69) is 62.5 Å². The molecule has 104 valence electrons. The van der Waals surface area contributed by atoms with Gasteiger partial charge in [0.2, 0.25) is 0 Å². The van der Waals surface area contributed by atoms with Crippen LogP contribution < -0.4 is 5.32 Å². The summed E-state index contributed by atoms with van der Waals surface area (Å²) < 4.78 is 0. The predicted molar refractivity (Wildman–Crippen MR) is 86.5 cm³/mol. The molecule has 1 aliphatic rings. The molecule has 0 bridgehead atoms. The van der Waals surface area contributed by atoms with Crippen molar-refractivity contribution in [3.63, 3.8) is 0 Å². The zero-order valence-corrected chi connectivity index (χ0v) is 12.7. The first-order valence-corrected chi connectivity index (χ1v) is 7.54. The molecule has 0 amide bonds. The Morgan fingerprint density at radius 1 is 1.00 bits per heavy atom. The number of fused-ring (bicyclic) bond motifs is 1. The van der Waals surface area contributed by atoms with Crippen molar-refractivity contribution in [2.24, 2.45) is 0 Å². The van der Waals surface area contributed by atoms with E-state index in [1.54, 1.807) is 0 Å². The second-order valence-corrected chi connectivity index (χ2v) is 6.10. The summed E-state index contributed by atoms with van der Waals surface area (Å²) >= 11 is 0. The van der Waals surface area contributed by atoms with Crippen LogP contribution in [-0.2, 0) is 12.8 Å². The molecular formula is C19H23N. The SMILES string of the molecule is Cc1cc(C)c(CC2CCc3ccccc3N2)cc1C. The van der Waals surface area contributed by atoms with E-state index in [-0.39, 0.29) is 0 Å². The highest BCUT2D eigenvalue weighted by atomic mass is 14.9. The number of hydrogen-bond donors (Lipinski definition) is 1. The molecular weight excluding hydrogens is 242 g/mol. The number of hydrogen-bond acceptors (Lipinski definition) is 1. The van der Waals surface area contributed by atoms with Crippen LogP contribution in [0.1, 0.15) is 34.2 Å². The molecule has 0 saturated heterocycles. The van der Waals surface area contributed by atoms with Gasteiger partial charge in [-0.3, -0.25) is 0 Å². The fourth-order valence-electron chi connectivity index (χ4n) is 3.16. The Bertz CT molecular complexity index is 628. The molecule has 1 unspecified atom stereocenters. The summed E-state index contributed by atoms with van der Waals surface area (Å²) in [7, 11) is 0. The quantitative estimate of drug-likeness (QED) is 0.838. The van der Waals surface area contributed by atoms with Gasteiger partial charge in [0.15, 0.2) is 0 Å². The number of aryl methyl sites for hydroxylation is 4. The van der Waals surface area contributed by atoms with Gasteiger partial charge < -0.3 is 5.32 Å². The van der Waals surface area contributed by atoms with Gasteiger partial charge in [-0.25, -0.2) is 0 Å². The monoisotopic (exact) mass is 265 g/mol. The molecule has 0 spiro atoms. The lowest BCUT2D eigenvalue weighted by molar-refractivity contribution is 0.626. The highest BCUT2D eigenvalue weighted by Crippen LogP contribution is 2.27. The smallest absolute Gasteiger partial charge is 0.0374 e. The molecule has 0 radical (unpaired) electrons. The maximum Gasteiger partial charge on any atom is 0.0374 e. The molecule has 1 N–H and O–H groups in total. The number of para-hydroxylation sites is 1. The Labute approximate surface area is 122 Å². The number of rotatable bonds is 2. The number of benzene rings is 2. The molecule has 0 fully saturated rings. The minimum absolute atomic E-state index is 0.561. The van der Waals surface area contributed by atoms with Gasteiger partial charge in [-0.2, -0.15) is 0 Å². The average Bonchev–Trinajstić information content (AvgIpc) is 2.44. The molecule has 3 rings (SSSR count). The average molecular weight is 265 g/mol. The summed E-state index contributed by atoms with van der Waals surface area (Å²) in [4.78, 5) is 0. The molecule has 1 atom stereocenters. The van der Waals surface area contributed by atoms with Crippen molar-refractivity contribution in [2.75, 3.05) is 5.32 Å². The van der Waals surface area contributed by atoms with Crippen LogP contribution in [0.15, 0.2) is 36.4 Å². The third-order valence-electron chi connectivity index (χ3n) is 4.56. The molecule has 0 aromatic heterocycles. The molecule has 2 aromatic carbocycles. The summed E-state index contributed by atoms with van der Waals surface area (Å²) in [6.45, 7) is 6.64. The van der Waals surface area contributed by atoms with Crippen molar-refractivity contribution < 1.29 is 0 Å². The summed E-state index contributed by atoms with van der Waals surface area (Å²) in [6.07, 6.45) is 3.54. The molecule has 0 saturated carbocycles. The first kappa shape index (κ1) is 13.2. The minimum atomic E-state index is 0.561. The number of anilines is 1. The van der Waals surface area contributed by atoms with Crippen LogP contribution in [0.3, 0.4) is 0 Å². The molecule has 0 aliphatic carbocycles. The second-order valence-electron chi connectivity index (χ2n) is 6.10. The van der Waals surface area contributed by atoms with Crippen molar-refractivity contribution in [1.29, 1.82) is 0 Å². The Kier molecular flexibility index (Phi) is 3.52. The fourth-order valence-corrected chi connectivity index (χ4v) is 3.16. The third-order valence-corrected chi connectivity index (χ3v) is 4.56. The first-order chi connectivity index (χ1) is 9.63. The summed E-state index contributed by atoms with van der Waals surface area (Å²) in [6, 6.07) is 13.9. The zero-order chi connectivity index (χ0) is 14.1. The Hall–Kier alpha value is -1.76. The van der Waals surface area contributed by atoms with Crippen LogP contribution in [0.25, 0.3) is 0 Å². The van der Waals surface area contributed by atoms with Gasteiger partial charge in [-0.15, -0.1) is 0 Å². The normalized spacial score (nSPS) is 17.4. The van der Waals surface area contributed by atoms with Crippen LogP contribution in [0, 0.1) is 20.8 Å². The zero-order valence-electron chi connectivity index (χ0n) is 12.7. The van der Waals surface area contributed by atoms with Gasteiger partial charge in [0.05, 0.1) is 0 Å². The lowest BCUT2D eigenvalue weighted by Gasteiger charge is -2.27. The maximum absolute atomic E-state index is 3.71. The van der Waals surface area contributed by atoms with Crippen molar-refractivity contribution in [1.82, 2.24) is 0 Å². The van der Waals surface area contributed by atoms with E-state index in [0.717, 1.165) is 6.42 Å². The van der Waals surface area contributed by atoms with Gasteiger partial charge in [-0.1, -0.05) is 30.3 Å². The largest absolute Gasteiger partial charge is 0.382 e. The van der Waals surface area contributed by atoms with E-state index in [1.807, 2.05) is 0 Å². The summed E-state index contributed by atoms with van der Waals surface area (Å²) in [5.41, 5.74) is 8.50. The van der Waals surface area contributed by atoms with E-state index >= 15 is 0 Å². The first-order valence-electron chi connectivity index (χ1n) is 7.54. The lowest BCUT2D eigenvalue weighted by atomic mass is 9.91. The van der Waals surface area contributed by atoms with Gasteiger partial charge >= 0.3 is 0 Å². The Morgan fingerprint density at radius 2 is 1.75 bits per heavy atom. The molecule has 1 nitrogen and oxygen atoms in total. The van der Waals surface area contributed by atoms with Crippen LogP contribution in [0.5, 0.6) is 0 Å². The van der Waals surface area contributed by atoms with Gasteiger partial charge in [0.25, 0.3) is 0 Å². The van der Waals surface area contributed by atoms with Crippen molar-refractivity contribution >= 4 is 5.69 Å². The Balaban J connectivity index is 1.78. The van der Waals surface area contributed by atoms with Crippen LogP contribution in [0.4, 0.5) is 5.69 Å². The predicted octanol–water partition coefficient (Wildman–Crippen LogP) is 4.58. The van der Waals surface area contributed by atoms with E-state index in [4.69, 9.17) is 0 Å². The molecule has 20 heavy (non-hydrogen) atoms. The standard InChI is InChI=1S/C19H23N/c1-13-10-15(3)17(11-14(13)2)12-18-9-8-16-6-4-5-7-19(16)20-18/h4-7,10-11,18,20H,8-9,12H2,1-3H3. The summed E-state index contributed by atoms with van der Waals surface area (Å²) in [5, 5.41) is 3.71. The van der Waals surface area contributed by atoms with Crippen LogP contribution >= 0.6 is 0 Å². The topological polar surface area (TPSA) is 12.0 Å². The Morgan fingerprint density at radius 3 is 2.60 bits per heavy atom. The molecule has 1 heterocycles. The van der Waals surface area contributed by atoms with Crippen LogP contribution in [-0.4, -0.2) is 6.04 Å². The lowest BCUT2D eigenvalue weighted by Crippen LogP contribution is -2.27. The van der Waals surface area contributed by atoms with E-state index in [1.165, 1.54) is 46.3 Å².